The number of unbranched alkanes of at least 4 members (excludes halogenated alkanes) is 1. The third-order valence-corrected chi connectivity index (χ3v) is 1.61. The van der Waals surface area contributed by atoms with Crippen molar-refractivity contribution in [3.8, 4) is 0 Å². The van der Waals surface area contributed by atoms with Crippen LogP contribution in [0.2, 0.25) is 0 Å². The Hall–Kier alpha value is -0.480. The molecule has 14 heavy (non-hydrogen) atoms. The fraction of sp³-hybridized carbons (Fsp3) is 0.750. The second kappa shape index (κ2) is 9.09. The molecule has 0 rings (SSSR count). The fourth-order valence-electron chi connectivity index (χ4n) is 0.692. The Kier molecular flexibility index (Phi) is 8.78. The Morgan fingerprint density at radius 3 is 2.14 bits per heavy atom. The molecule has 0 heterocycles. The highest BCUT2D eigenvalue weighted by molar-refractivity contribution is 6.61. The summed E-state index contributed by atoms with van der Waals surface area (Å²) >= 11 is 10.2. The molecule has 0 saturated carbocycles. The zero-order chi connectivity index (χ0) is 10.8. The Balaban J connectivity index is 3.13. The molecule has 0 unspecified atom stereocenters. The highest BCUT2D eigenvalue weighted by Crippen LogP contribution is 1.96. The van der Waals surface area contributed by atoms with Crippen molar-refractivity contribution in [2.24, 2.45) is 0 Å². The van der Waals surface area contributed by atoms with E-state index in [1.54, 1.807) is 0 Å². The summed E-state index contributed by atoms with van der Waals surface area (Å²) in [5.41, 5.74) is -0.816. The Morgan fingerprint density at radius 2 is 1.64 bits per heavy atom. The molecule has 82 valence electrons. The van der Waals surface area contributed by atoms with Crippen LogP contribution in [-0.4, -0.2) is 30.5 Å². The van der Waals surface area contributed by atoms with E-state index in [2.05, 4.69) is 4.74 Å². The van der Waals surface area contributed by atoms with Crippen molar-refractivity contribution in [2.45, 2.75) is 19.3 Å². The van der Waals surface area contributed by atoms with Gasteiger partial charge in [-0.25, -0.2) is 4.79 Å². The van der Waals surface area contributed by atoms with Gasteiger partial charge in [0.05, 0.1) is 19.6 Å². The first-order valence-corrected chi connectivity index (χ1v) is 5.12. The van der Waals surface area contributed by atoms with Crippen LogP contribution in [0, 0.1) is 0 Å². The average molecular weight is 243 g/mol. The molecule has 0 aromatic rings. The molecule has 6 heteroatoms. The highest BCUT2D eigenvalue weighted by atomic mass is 35.5. The maximum atomic E-state index is 10.8. The molecule has 0 aliphatic rings. The summed E-state index contributed by atoms with van der Waals surface area (Å²) in [5.74, 6) is -0.0442. The summed E-state index contributed by atoms with van der Waals surface area (Å²) < 4.78 is 9.25. The van der Waals surface area contributed by atoms with E-state index in [1.807, 2.05) is 0 Å². The molecule has 4 nitrogen and oxygen atoms in total. The highest BCUT2D eigenvalue weighted by Gasteiger charge is 2.00. The van der Waals surface area contributed by atoms with E-state index < -0.39 is 5.43 Å². The van der Waals surface area contributed by atoms with Crippen molar-refractivity contribution in [2.75, 3.05) is 19.1 Å². The molecule has 0 amide bonds. The van der Waals surface area contributed by atoms with Gasteiger partial charge in [0.25, 0.3) is 0 Å². The standard InChI is InChI=1S/C8H12Cl2O4/c9-4-3-7(11)13-5-1-2-6-14-8(10)12/h1-6H2. The Labute approximate surface area is 92.5 Å². The smallest absolute Gasteiger partial charge is 0.403 e. The topological polar surface area (TPSA) is 52.6 Å². The van der Waals surface area contributed by atoms with Gasteiger partial charge in [0.2, 0.25) is 0 Å². The zero-order valence-electron chi connectivity index (χ0n) is 7.63. The molecular weight excluding hydrogens is 231 g/mol. The number of hydrogen-bond donors (Lipinski definition) is 0. The Bertz CT molecular complexity index is 184. The van der Waals surface area contributed by atoms with Crippen LogP contribution in [0.3, 0.4) is 0 Å². The van der Waals surface area contributed by atoms with Crippen LogP contribution in [0.25, 0.3) is 0 Å². The molecule has 0 N–H and O–H groups in total. The molecule has 0 bridgehead atoms. The minimum absolute atomic E-state index is 0.220. The van der Waals surface area contributed by atoms with Crippen molar-refractivity contribution < 1.29 is 19.1 Å². The van der Waals surface area contributed by atoms with E-state index in [4.69, 9.17) is 27.9 Å². The fourth-order valence-corrected chi connectivity index (χ4v) is 0.923. The molecule has 0 aromatic carbocycles. The number of hydrogen-bond acceptors (Lipinski definition) is 4. The van der Waals surface area contributed by atoms with Gasteiger partial charge < -0.3 is 9.47 Å². The van der Waals surface area contributed by atoms with Gasteiger partial charge in [0.15, 0.2) is 0 Å². The molecule has 0 fully saturated rings. The van der Waals surface area contributed by atoms with Crippen LogP contribution < -0.4 is 0 Å². The summed E-state index contributed by atoms with van der Waals surface area (Å²) in [7, 11) is 0. The predicted molar refractivity (Wildman–Crippen MR) is 52.7 cm³/mol. The number of carbonyl (C=O) groups excluding carboxylic acids is 2. The lowest BCUT2D eigenvalue weighted by Crippen LogP contribution is -2.07. The first kappa shape index (κ1) is 13.5. The third kappa shape index (κ3) is 9.61. The first-order chi connectivity index (χ1) is 6.66. The van der Waals surface area contributed by atoms with Crippen molar-refractivity contribution in [1.82, 2.24) is 0 Å². The molecule has 0 aliphatic heterocycles. The van der Waals surface area contributed by atoms with E-state index in [-0.39, 0.29) is 24.9 Å². The summed E-state index contributed by atoms with van der Waals surface area (Å²) in [5, 5.41) is 0. The van der Waals surface area contributed by atoms with Crippen molar-refractivity contribution in [1.29, 1.82) is 0 Å². The van der Waals surface area contributed by atoms with Gasteiger partial charge in [-0.05, 0) is 12.8 Å². The molecule has 0 saturated heterocycles. The second-order valence-corrected chi connectivity index (χ2v) is 3.14. The van der Waals surface area contributed by atoms with Gasteiger partial charge in [-0.3, -0.25) is 4.79 Å². The minimum atomic E-state index is -0.816. The molecule has 0 aliphatic carbocycles. The van der Waals surface area contributed by atoms with Gasteiger partial charge in [0, 0.05) is 17.5 Å². The van der Waals surface area contributed by atoms with E-state index in [1.165, 1.54) is 0 Å². The van der Waals surface area contributed by atoms with Gasteiger partial charge in [-0.2, -0.15) is 0 Å². The summed E-state index contributed by atoms with van der Waals surface area (Å²) in [6.07, 6.45) is 1.48. The number of alkyl halides is 1. The van der Waals surface area contributed by atoms with Crippen molar-refractivity contribution in [3.63, 3.8) is 0 Å². The average Bonchev–Trinajstić information content (AvgIpc) is 2.11. The van der Waals surface area contributed by atoms with E-state index in [9.17, 15) is 9.59 Å². The largest absolute Gasteiger partial charge is 0.466 e. The number of carbonyl (C=O) groups is 2. The quantitative estimate of drug-likeness (QED) is 0.298. The number of halogens is 2. The normalized spacial score (nSPS) is 9.57. The lowest BCUT2D eigenvalue weighted by Gasteiger charge is -2.03. The zero-order valence-corrected chi connectivity index (χ0v) is 9.14. The number of rotatable bonds is 7. The lowest BCUT2D eigenvalue weighted by molar-refractivity contribution is -0.143. The van der Waals surface area contributed by atoms with Crippen LogP contribution in [0.5, 0.6) is 0 Å². The molecule has 0 radical (unpaired) electrons. The van der Waals surface area contributed by atoms with Crippen LogP contribution >= 0.6 is 23.2 Å². The van der Waals surface area contributed by atoms with E-state index in [0.29, 0.717) is 19.4 Å². The Morgan fingerprint density at radius 1 is 1.07 bits per heavy atom. The van der Waals surface area contributed by atoms with Crippen molar-refractivity contribution >= 4 is 34.6 Å². The first-order valence-electron chi connectivity index (χ1n) is 4.20. The number of ether oxygens (including phenoxy) is 2. The van der Waals surface area contributed by atoms with Crippen LogP contribution in [0.4, 0.5) is 4.79 Å². The predicted octanol–water partition coefficient (Wildman–Crippen LogP) is 2.31. The van der Waals surface area contributed by atoms with Crippen LogP contribution in [-0.2, 0) is 14.3 Å². The summed E-state index contributed by atoms with van der Waals surface area (Å²) in [6.45, 7) is 0.560. The molecule has 0 atom stereocenters. The van der Waals surface area contributed by atoms with E-state index >= 15 is 0 Å². The minimum Gasteiger partial charge on any atom is -0.466 e. The second-order valence-electron chi connectivity index (χ2n) is 2.45. The molecule has 0 spiro atoms. The number of esters is 1. The van der Waals surface area contributed by atoms with Gasteiger partial charge in [-0.1, -0.05) is 0 Å². The van der Waals surface area contributed by atoms with Gasteiger partial charge in [0.1, 0.15) is 0 Å². The molecule has 0 aromatic heterocycles. The SMILES string of the molecule is O=C(Cl)OCCCCOC(=O)CCCl. The van der Waals surface area contributed by atoms with Gasteiger partial charge >= 0.3 is 11.4 Å². The monoisotopic (exact) mass is 242 g/mol. The summed E-state index contributed by atoms with van der Waals surface area (Å²) in [4.78, 5) is 20.9. The van der Waals surface area contributed by atoms with Crippen LogP contribution in [0.15, 0.2) is 0 Å². The maximum absolute atomic E-state index is 10.8. The third-order valence-electron chi connectivity index (χ3n) is 1.32. The van der Waals surface area contributed by atoms with E-state index in [0.717, 1.165) is 0 Å². The maximum Gasteiger partial charge on any atom is 0.403 e. The van der Waals surface area contributed by atoms with Gasteiger partial charge in [-0.15, -0.1) is 11.6 Å². The van der Waals surface area contributed by atoms with Crippen molar-refractivity contribution in [3.05, 3.63) is 0 Å². The van der Waals surface area contributed by atoms with Crippen LogP contribution in [0.1, 0.15) is 19.3 Å². The summed E-state index contributed by atoms with van der Waals surface area (Å²) in [6, 6.07) is 0. The molecular formula is C8H12Cl2O4. The lowest BCUT2D eigenvalue weighted by atomic mass is 10.3.